The van der Waals surface area contributed by atoms with E-state index in [4.69, 9.17) is 4.74 Å². The summed E-state index contributed by atoms with van der Waals surface area (Å²) in [5.41, 5.74) is 2.28. The Labute approximate surface area is 214 Å². The molecule has 0 saturated heterocycles. The molecule has 9 nitrogen and oxygen atoms in total. The van der Waals surface area contributed by atoms with Crippen molar-refractivity contribution in [1.82, 2.24) is 5.32 Å². The van der Waals surface area contributed by atoms with E-state index in [9.17, 15) is 24.8 Å². The average molecular weight is 499 g/mol. The van der Waals surface area contributed by atoms with Crippen molar-refractivity contribution in [2.75, 3.05) is 17.2 Å². The summed E-state index contributed by atoms with van der Waals surface area (Å²) in [6.07, 6.45) is 1.41. The minimum atomic E-state index is -0.899. The van der Waals surface area contributed by atoms with Crippen molar-refractivity contribution in [3.05, 3.63) is 95.6 Å². The van der Waals surface area contributed by atoms with Crippen molar-refractivity contribution in [3.8, 4) is 11.8 Å². The van der Waals surface area contributed by atoms with Gasteiger partial charge in [0.05, 0.1) is 13.2 Å². The number of aromatic hydroxyl groups is 1. The van der Waals surface area contributed by atoms with Gasteiger partial charge in [-0.05, 0) is 53.6 Å². The molecule has 0 aliphatic rings. The number of benzene rings is 3. The summed E-state index contributed by atoms with van der Waals surface area (Å²) in [5, 5.41) is 26.6. The molecule has 0 fully saturated rings. The van der Waals surface area contributed by atoms with Gasteiger partial charge in [-0.15, -0.1) is 0 Å². The fourth-order valence-corrected chi connectivity index (χ4v) is 3.25. The Balaban J connectivity index is 1.58. The number of carbonyl (C=O) groups is 3. The predicted octanol–water partition coefficient (Wildman–Crippen LogP) is 3.60. The maximum atomic E-state index is 12.7. The molecule has 4 N–H and O–H groups in total. The normalized spacial score (nSPS) is 11.6. The minimum Gasteiger partial charge on any atom is -0.508 e. The molecule has 9 heteroatoms. The van der Waals surface area contributed by atoms with Crippen molar-refractivity contribution in [2.45, 2.75) is 19.6 Å². The van der Waals surface area contributed by atoms with E-state index in [1.165, 1.54) is 25.1 Å². The molecule has 0 unspecified atom stereocenters. The van der Waals surface area contributed by atoms with Crippen LogP contribution in [0.25, 0.3) is 6.08 Å². The summed E-state index contributed by atoms with van der Waals surface area (Å²) in [5.74, 6) is -1.34. The third-order valence-electron chi connectivity index (χ3n) is 5.07. The van der Waals surface area contributed by atoms with Crippen LogP contribution in [0.15, 0.2) is 84.4 Å². The van der Waals surface area contributed by atoms with Gasteiger partial charge in [0.1, 0.15) is 23.4 Å². The number of phenols is 1. The van der Waals surface area contributed by atoms with E-state index in [-0.39, 0.29) is 23.8 Å². The van der Waals surface area contributed by atoms with Crippen LogP contribution in [0.2, 0.25) is 0 Å². The topological polar surface area (TPSA) is 141 Å². The van der Waals surface area contributed by atoms with Crippen molar-refractivity contribution in [1.29, 1.82) is 5.26 Å². The van der Waals surface area contributed by atoms with Gasteiger partial charge in [-0.1, -0.05) is 42.5 Å². The number of ether oxygens (including phenoxy) is 1. The largest absolute Gasteiger partial charge is 0.508 e. The number of rotatable bonds is 10. The van der Waals surface area contributed by atoms with Gasteiger partial charge >= 0.3 is 0 Å². The number of nitrogens with one attached hydrogen (secondary N) is 3. The number of phenolic OH excluding ortho intramolecular Hbond substituents is 1. The fourth-order valence-electron chi connectivity index (χ4n) is 3.25. The first kappa shape index (κ1) is 26.7. The molecule has 37 heavy (non-hydrogen) atoms. The Morgan fingerprint density at radius 2 is 1.57 bits per heavy atom. The van der Waals surface area contributed by atoms with Crippen LogP contribution in [-0.2, 0) is 25.7 Å². The summed E-state index contributed by atoms with van der Waals surface area (Å²) in [6, 6.07) is 22.8. The lowest BCUT2D eigenvalue weighted by molar-refractivity contribution is -0.126. The fraction of sp³-hybridized carbons (Fsp3) is 0.143. The summed E-state index contributed by atoms with van der Waals surface area (Å²) in [6.45, 7) is 1.60. The molecule has 188 valence electrons. The molecule has 0 bridgehead atoms. The molecule has 0 saturated carbocycles. The second kappa shape index (κ2) is 13.2. The van der Waals surface area contributed by atoms with Gasteiger partial charge in [-0.2, -0.15) is 5.26 Å². The molecule has 0 spiro atoms. The van der Waals surface area contributed by atoms with Crippen LogP contribution >= 0.6 is 0 Å². The van der Waals surface area contributed by atoms with Crippen LogP contribution in [0.1, 0.15) is 18.1 Å². The van der Waals surface area contributed by atoms with Crippen molar-refractivity contribution in [2.24, 2.45) is 0 Å². The highest BCUT2D eigenvalue weighted by Gasteiger charge is 2.20. The first-order valence-electron chi connectivity index (χ1n) is 11.4. The number of carbonyl (C=O) groups excluding carboxylic acids is 3. The first-order chi connectivity index (χ1) is 17.8. The van der Waals surface area contributed by atoms with Gasteiger partial charge in [-0.3, -0.25) is 14.4 Å². The van der Waals surface area contributed by atoms with Crippen LogP contribution in [0.3, 0.4) is 0 Å². The lowest BCUT2D eigenvalue weighted by Gasteiger charge is -2.18. The molecule has 0 aromatic heterocycles. The van der Waals surface area contributed by atoms with Gasteiger partial charge in [0.25, 0.3) is 5.91 Å². The zero-order valence-corrected chi connectivity index (χ0v) is 20.1. The summed E-state index contributed by atoms with van der Waals surface area (Å²) < 4.78 is 5.62. The highest BCUT2D eigenvalue weighted by atomic mass is 16.5. The van der Waals surface area contributed by atoms with Gasteiger partial charge in [0.2, 0.25) is 11.8 Å². The number of hydrogen-bond donors (Lipinski definition) is 4. The van der Waals surface area contributed by atoms with Crippen LogP contribution in [0, 0.1) is 11.3 Å². The molecule has 3 amide bonds. The van der Waals surface area contributed by atoms with E-state index in [2.05, 4.69) is 16.0 Å². The molecular formula is C28H26N4O5. The number of hydrogen-bond acceptors (Lipinski definition) is 6. The molecule has 0 aliphatic carbocycles. The second-order valence-corrected chi connectivity index (χ2v) is 8.04. The van der Waals surface area contributed by atoms with E-state index >= 15 is 0 Å². The standard InChI is InChI=1S/C28H26N4O5/c1-19(33)30-26(18-37-17-21-5-3-2-4-6-21)28(36)32-24-11-9-23(10-12-24)31-27(35)22(16-29)15-20-7-13-25(34)14-8-20/h2-15,26,34H,17-18H2,1H3,(H,30,33)(H,31,35)(H,32,36)/t26-/m1/s1. The van der Waals surface area contributed by atoms with Crippen molar-refractivity contribution < 1.29 is 24.2 Å². The third kappa shape index (κ3) is 8.65. The van der Waals surface area contributed by atoms with Crippen LogP contribution < -0.4 is 16.0 Å². The molecule has 0 radical (unpaired) electrons. The maximum Gasteiger partial charge on any atom is 0.266 e. The molecule has 3 rings (SSSR count). The predicted molar refractivity (Wildman–Crippen MR) is 139 cm³/mol. The molecule has 3 aromatic carbocycles. The van der Waals surface area contributed by atoms with Crippen LogP contribution in [0.4, 0.5) is 11.4 Å². The number of anilines is 2. The number of amides is 3. The molecule has 3 aromatic rings. The van der Waals surface area contributed by atoms with Gasteiger partial charge in [0.15, 0.2) is 0 Å². The second-order valence-electron chi connectivity index (χ2n) is 8.04. The smallest absolute Gasteiger partial charge is 0.266 e. The zero-order chi connectivity index (χ0) is 26.6. The molecular weight excluding hydrogens is 472 g/mol. The Morgan fingerprint density at radius 1 is 0.946 bits per heavy atom. The Morgan fingerprint density at radius 3 is 2.16 bits per heavy atom. The Bertz CT molecular complexity index is 1300. The summed E-state index contributed by atoms with van der Waals surface area (Å²) in [7, 11) is 0. The maximum absolute atomic E-state index is 12.7. The van der Waals surface area contributed by atoms with Crippen LogP contribution in [-0.4, -0.2) is 35.5 Å². The quantitative estimate of drug-likeness (QED) is 0.249. The zero-order valence-electron chi connectivity index (χ0n) is 20.1. The Hall–Kier alpha value is -4.94. The molecule has 1 atom stereocenters. The number of nitriles is 1. The lowest BCUT2D eigenvalue weighted by Crippen LogP contribution is -2.46. The SMILES string of the molecule is CC(=O)N[C@H](COCc1ccccc1)C(=O)Nc1ccc(NC(=O)C(C#N)=Cc2ccc(O)cc2)cc1. The van der Waals surface area contributed by atoms with Gasteiger partial charge in [-0.25, -0.2) is 0 Å². The summed E-state index contributed by atoms with van der Waals surface area (Å²) >= 11 is 0. The van der Waals surface area contributed by atoms with E-state index in [0.717, 1.165) is 5.56 Å². The average Bonchev–Trinajstić information content (AvgIpc) is 2.89. The van der Waals surface area contributed by atoms with E-state index in [1.807, 2.05) is 36.4 Å². The van der Waals surface area contributed by atoms with E-state index in [0.29, 0.717) is 23.5 Å². The van der Waals surface area contributed by atoms with Crippen molar-refractivity contribution >= 4 is 35.2 Å². The third-order valence-corrected chi connectivity index (χ3v) is 5.07. The summed E-state index contributed by atoms with van der Waals surface area (Å²) in [4.78, 5) is 36.8. The highest BCUT2D eigenvalue weighted by Crippen LogP contribution is 2.17. The minimum absolute atomic E-state index is 0.0151. The molecule has 0 aliphatic heterocycles. The first-order valence-corrected chi connectivity index (χ1v) is 11.4. The molecule has 0 heterocycles. The monoisotopic (exact) mass is 498 g/mol. The van der Waals surface area contributed by atoms with Crippen molar-refractivity contribution in [3.63, 3.8) is 0 Å². The van der Waals surface area contributed by atoms with Crippen LogP contribution in [0.5, 0.6) is 5.75 Å². The number of nitrogens with zero attached hydrogens (tertiary/aromatic N) is 1. The van der Waals surface area contributed by atoms with E-state index < -0.39 is 17.9 Å². The lowest BCUT2D eigenvalue weighted by atomic mass is 10.1. The highest BCUT2D eigenvalue weighted by molar-refractivity contribution is 6.09. The van der Waals surface area contributed by atoms with E-state index in [1.54, 1.807) is 36.4 Å². The van der Waals surface area contributed by atoms with Gasteiger partial charge in [0, 0.05) is 18.3 Å². The Kier molecular flexibility index (Phi) is 9.53. The van der Waals surface area contributed by atoms with Gasteiger partial charge < -0.3 is 25.8 Å².